The molecule has 0 saturated heterocycles. The van der Waals surface area contributed by atoms with Crippen molar-refractivity contribution < 1.29 is 28.6 Å². The average molecular weight is 404 g/mol. The predicted octanol–water partition coefficient (Wildman–Crippen LogP) is 2.18. The van der Waals surface area contributed by atoms with Crippen LogP contribution in [0.1, 0.15) is 16.7 Å². The molecule has 1 heterocycles. The number of phenolic OH excluding ortho intramolecular Hbond substituents is 1. The smallest absolute Gasteiger partial charge is 0.326 e. The van der Waals surface area contributed by atoms with Gasteiger partial charge in [-0.15, -0.1) is 0 Å². The van der Waals surface area contributed by atoms with Crippen molar-refractivity contribution in [1.82, 2.24) is 9.80 Å². The molecule has 0 aromatic heterocycles. The highest BCUT2D eigenvalue weighted by atomic mass is 19.1. The number of carbonyl (C=O) groups is 2. The van der Waals surface area contributed by atoms with Crippen molar-refractivity contribution >= 4 is 11.9 Å². The van der Waals surface area contributed by atoms with E-state index >= 15 is 0 Å². The summed E-state index contributed by atoms with van der Waals surface area (Å²) in [6.07, 6.45) is -0.131. The van der Waals surface area contributed by atoms with Gasteiger partial charge in [0.1, 0.15) is 23.4 Å². The van der Waals surface area contributed by atoms with E-state index in [1.807, 2.05) is 24.3 Å². The van der Waals surface area contributed by atoms with E-state index in [0.717, 1.165) is 23.3 Å². The number of phenols is 1. The number of hydrogen-bond donors (Lipinski definition) is 2. The zero-order valence-electron chi connectivity index (χ0n) is 16.1. The Hall–Kier alpha value is -3.00. The number of carbonyl (C=O) groups excluding carboxylic acids is 1. The van der Waals surface area contributed by atoms with Gasteiger partial charge in [-0.3, -0.25) is 9.69 Å². The Labute approximate surface area is 167 Å². The molecule has 2 atom stereocenters. The third-order valence-electron chi connectivity index (χ3n) is 5.25. The number of rotatable bonds is 5. The highest BCUT2D eigenvalue weighted by molar-refractivity contribution is 5.88. The quantitative estimate of drug-likeness (QED) is 0.799. The largest absolute Gasteiger partial charge is 0.508 e. The van der Waals surface area contributed by atoms with Crippen molar-refractivity contribution in [3.8, 4) is 5.75 Å². The summed E-state index contributed by atoms with van der Waals surface area (Å²) in [7, 11) is 3.18. The lowest BCUT2D eigenvalue weighted by Crippen LogP contribution is -2.55. The first-order valence-corrected chi connectivity index (χ1v) is 9.12. The Morgan fingerprint density at radius 3 is 2.31 bits per heavy atom. The van der Waals surface area contributed by atoms with Gasteiger partial charge >= 0.3 is 5.97 Å². The highest BCUT2D eigenvalue weighted by Gasteiger charge is 2.38. The number of amides is 1. The standard InChI is InChI=1S/C21H22F2N2O4/c1-24(2)18(10-15-16(22)8-14(26)9-17(15)23)20(27)25-11-13-6-4-3-5-12(13)7-19(25)21(28)29/h3-6,8-9,18-19,26H,7,10-11H2,1-2H3,(H,28,29)/t18-,19-/m0/s1. The van der Waals surface area contributed by atoms with Crippen molar-refractivity contribution in [3.63, 3.8) is 0 Å². The van der Waals surface area contributed by atoms with E-state index < -0.39 is 41.3 Å². The van der Waals surface area contributed by atoms with Gasteiger partial charge in [-0.25, -0.2) is 13.6 Å². The van der Waals surface area contributed by atoms with Crippen LogP contribution in [0.2, 0.25) is 0 Å². The molecule has 29 heavy (non-hydrogen) atoms. The minimum atomic E-state index is -1.13. The zero-order valence-corrected chi connectivity index (χ0v) is 16.1. The first-order chi connectivity index (χ1) is 13.7. The lowest BCUT2D eigenvalue weighted by Gasteiger charge is -2.38. The van der Waals surface area contributed by atoms with Gasteiger partial charge in [0, 0.05) is 37.1 Å². The van der Waals surface area contributed by atoms with Crippen LogP contribution in [0.5, 0.6) is 5.75 Å². The molecule has 8 heteroatoms. The first kappa shape index (κ1) is 20.7. The summed E-state index contributed by atoms with van der Waals surface area (Å²) in [6, 6.07) is 6.82. The van der Waals surface area contributed by atoms with Crippen LogP contribution in [0.3, 0.4) is 0 Å². The number of carboxylic acids is 1. The Morgan fingerprint density at radius 1 is 1.17 bits per heavy atom. The monoisotopic (exact) mass is 404 g/mol. The maximum atomic E-state index is 14.2. The molecule has 0 radical (unpaired) electrons. The lowest BCUT2D eigenvalue weighted by molar-refractivity contribution is -0.153. The van der Waals surface area contributed by atoms with E-state index in [9.17, 15) is 28.6 Å². The Kier molecular flexibility index (Phi) is 5.83. The molecule has 0 spiro atoms. The van der Waals surface area contributed by atoms with Crippen LogP contribution in [0.4, 0.5) is 8.78 Å². The molecule has 0 aliphatic carbocycles. The summed E-state index contributed by atoms with van der Waals surface area (Å²) >= 11 is 0. The number of aromatic hydroxyl groups is 1. The first-order valence-electron chi connectivity index (χ1n) is 9.12. The van der Waals surface area contributed by atoms with E-state index in [-0.39, 0.29) is 24.9 Å². The van der Waals surface area contributed by atoms with Gasteiger partial charge in [-0.05, 0) is 25.2 Å². The number of aliphatic carboxylic acids is 1. The summed E-state index contributed by atoms with van der Waals surface area (Å²) in [5, 5.41) is 19.0. The van der Waals surface area contributed by atoms with Crippen LogP contribution in [-0.2, 0) is 29.0 Å². The van der Waals surface area contributed by atoms with Crippen LogP contribution in [0.15, 0.2) is 36.4 Å². The fourth-order valence-corrected chi connectivity index (χ4v) is 3.64. The molecule has 0 bridgehead atoms. The minimum absolute atomic E-state index is 0.108. The Bertz CT molecular complexity index is 925. The second-order valence-electron chi connectivity index (χ2n) is 7.36. The molecule has 0 saturated carbocycles. The number of benzene rings is 2. The van der Waals surface area contributed by atoms with E-state index in [0.29, 0.717) is 0 Å². The molecule has 1 aliphatic heterocycles. The van der Waals surface area contributed by atoms with Crippen LogP contribution in [0.25, 0.3) is 0 Å². The number of fused-ring (bicyclic) bond motifs is 1. The van der Waals surface area contributed by atoms with Gasteiger partial charge in [0.15, 0.2) is 0 Å². The van der Waals surface area contributed by atoms with Gasteiger partial charge in [0.25, 0.3) is 0 Å². The molecule has 1 aliphatic rings. The maximum Gasteiger partial charge on any atom is 0.326 e. The molecule has 0 unspecified atom stereocenters. The molecule has 154 valence electrons. The van der Waals surface area contributed by atoms with Crippen LogP contribution < -0.4 is 0 Å². The van der Waals surface area contributed by atoms with Crippen molar-refractivity contribution in [3.05, 3.63) is 64.7 Å². The number of halogens is 2. The van der Waals surface area contributed by atoms with Gasteiger partial charge in [-0.2, -0.15) is 0 Å². The third kappa shape index (κ3) is 4.22. The SMILES string of the molecule is CN(C)[C@@H](Cc1c(F)cc(O)cc1F)C(=O)N1Cc2ccccc2C[C@H]1C(=O)O. The predicted molar refractivity (Wildman–Crippen MR) is 101 cm³/mol. The highest BCUT2D eigenvalue weighted by Crippen LogP contribution is 2.27. The van der Waals surface area contributed by atoms with Gasteiger partial charge in [-0.1, -0.05) is 24.3 Å². The molecular formula is C21H22F2N2O4. The molecule has 6 nitrogen and oxygen atoms in total. The molecule has 2 aromatic carbocycles. The summed E-state index contributed by atoms with van der Waals surface area (Å²) < 4.78 is 28.4. The average Bonchev–Trinajstić information content (AvgIpc) is 2.65. The Balaban J connectivity index is 1.93. The fraction of sp³-hybridized carbons (Fsp3) is 0.333. The molecule has 0 fully saturated rings. The number of hydrogen-bond acceptors (Lipinski definition) is 4. The van der Waals surface area contributed by atoms with Gasteiger partial charge in [0.2, 0.25) is 5.91 Å². The summed E-state index contributed by atoms with van der Waals surface area (Å²) in [5.74, 6) is -4.12. The molecule has 3 rings (SSSR count). The van der Waals surface area contributed by atoms with Crippen molar-refractivity contribution in [1.29, 1.82) is 0 Å². The zero-order chi connectivity index (χ0) is 21.3. The van der Waals surface area contributed by atoms with E-state index in [4.69, 9.17) is 0 Å². The van der Waals surface area contributed by atoms with Crippen molar-refractivity contribution in [2.45, 2.75) is 31.5 Å². The number of nitrogens with zero attached hydrogens (tertiary/aromatic N) is 2. The fourth-order valence-electron chi connectivity index (χ4n) is 3.64. The summed E-state index contributed by atoms with van der Waals surface area (Å²) in [5.41, 5.74) is 1.37. The van der Waals surface area contributed by atoms with E-state index in [1.54, 1.807) is 14.1 Å². The summed E-state index contributed by atoms with van der Waals surface area (Å²) in [6.45, 7) is 0.108. The lowest BCUT2D eigenvalue weighted by atomic mass is 9.92. The van der Waals surface area contributed by atoms with Crippen molar-refractivity contribution in [2.75, 3.05) is 14.1 Å². The minimum Gasteiger partial charge on any atom is -0.508 e. The van der Waals surface area contributed by atoms with E-state index in [2.05, 4.69) is 0 Å². The molecule has 2 N–H and O–H groups in total. The number of carboxylic acid groups (broad SMARTS) is 1. The molecular weight excluding hydrogens is 382 g/mol. The molecule has 1 amide bonds. The third-order valence-corrected chi connectivity index (χ3v) is 5.25. The molecule has 2 aromatic rings. The van der Waals surface area contributed by atoms with Crippen LogP contribution in [-0.4, -0.2) is 58.1 Å². The van der Waals surface area contributed by atoms with Gasteiger partial charge < -0.3 is 15.1 Å². The maximum absolute atomic E-state index is 14.2. The van der Waals surface area contributed by atoms with Crippen molar-refractivity contribution in [2.24, 2.45) is 0 Å². The Morgan fingerprint density at radius 2 is 1.76 bits per heavy atom. The van der Waals surface area contributed by atoms with Gasteiger partial charge in [0.05, 0.1) is 6.04 Å². The number of likely N-dealkylation sites (N-methyl/N-ethyl adjacent to an activating group) is 1. The second kappa shape index (κ2) is 8.16. The summed E-state index contributed by atoms with van der Waals surface area (Å²) in [4.78, 5) is 27.9. The topological polar surface area (TPSA) is 81.1 Å². The normalized spacial score (nSPS) is 17.1. The second-order valence-corrected chi connectivity index (χ2v) is 7.36. The van der Waals surface area contributed by atoms with E-state index in [1.165, 1.54) is 9.80 Å². The van der Waals surface area contributed by atoms with Crippen LogP contribution in [0, 0.1) is 11.6 Å². The van der Waals surface area contributed by atoms with Crippen LogP contribution >= 0.6 is 0 Å².